The molecule has 1 aliphatic rings. The first-order valence-electron chi connectivity index (χ1n) is 6.02. The van der Waals surface area contributed by atoms with Gasteiger partial charge in [0.1, 0.15) is 0 Å². The van der Waals surface area contributed by atoms with Gasteiger partial charge >= 0.3 is 0 Å². The summed E-state index contributed by atoms with van der Waals surface area (Å²) in [4.78, 5) is 15.8. The van der Waals surface area contributed by atoms with Crippen LogP contribution in [0.1, 0.15) is 28.8 Å². The zero-order valence-corrected chi connectivity index (χ0v) is 10.6. The molecule has 0 radical (unpaired) electrons. The molecule has 0 atom stereocenters. The molecule has 0 saturated heterocycles. The predicted molar refractivity (Wildman–Crippen MR) is 69.8 cm³/mol. The van der Waals surface area contributed by atoms with Crippen molar-refractivity contribution in [2.75, 3.05) is 0 Å². The van der Waals surface area contributed by atoms with Crippen LogP contribution >= 0.6 is 11.6 Å². The van der Waals surface area contributed by atoms with Crippen molar-refractivity contribution in [2.24, 2.45) is 5.92 Å². The first kappa shape index (κ1) is 11.5. The van der Waals surface area contributed by atoms with Crippen molar-refractivity contribution in [1.82, 2.24) is 9.55 Å². The Morgan fingerprint density at radius 3 is 3.00 bits per heavy atom. The maximum atomic E-state index is 11.9. The fourth-order valence-electron chi connectivity index (χ4n) is 2.00. The number of pyridine rings is 1. The Morgan fingerprint density at radius 1 is 1.44 bits per heavy atom. The molecule has 0 amide bonds. The van der Waals surface area contributed by atoms with Crippen molar-refractivity contribution in [3.05, 3.63) is 53.1 Å². The highest BCUT2D eigenvalue weighted by atomic mass is 35.5. The van der Waals surface area contributed by atoms with E-state index in [9.17, 15) is 4.79 Å². The minimum Gasteiger partial charge on any atom is -0.349 e. The van der Waals surface area contributed by atoms with Crippen LogP contribution in [0.2, 0.25) is 5.02 Å². The number of carbonyl (C=O) groups is 1. The molecule has 1 fully saturated rings. The average Bonchev–Trinajstić information content (AvgIpc) is 3.12. The Kier molecular flexibility index (Phi) is 2.92. The standard InChI is InChI=1S/C14H13ClN2O/c15-13-7-16-5-3-11(13)8-17-6-4-12(9-17)14(18)10-1-2-10/h3-7,9-10H,1-2,8H2. The molecule has 0 unspecified atom stereocenters. The molecule has 1 aliphatic carbocycles. The summed E-state index contributed by atoms with van der Waals surface area (Å²) in [6.45, 7) is 0.666. The van der Waals surface area contributed by atoms with E-state index in [1.54, 1.807) is 12.4 Å². The number of hydrogen-bond donors (Lipinski definition) is 0. The summed E-state index contributed by atoms with van der Waals surface area (Å²) >= 11 is 6.06. The van der Waals surface area contributed by atoms with Crippen LogP contribution in [0.25, 0.3) is 0 Å². The van der Waals surface area contributed by atoms with Crippen LogP contribution < -0.4 is 0 Å². The molecule has 92 valence electrons. The van der Waals surface area contributed by atoms with Gasteiger partial charge in [0, 0.05) is 42.8 Å². The van der Waals surface area contributed by atoms with Gasteiger partial charge in [0.15, 0.2) is 5.78 Å². The van der Waals surface area contributed by atoms with Gasteiger partial charge < -0.3 is 4.57 Å². The van der Waals surface area contributed by atoms with Gasteiger partial charge in [0.2, 0.25) is 0 Å². The van der Waals surface area contributed by atoms with Gasteiger partial charge in [0.25, 0.3) is 0 Å². The van der Waals surface area contributed by atoms with Crippen molar-refractivity contribution >= 4 is 17.4 Å². The number of carbonyl (C=O) groups excluding carboxylic acids is 1. The second-order valence-electron chi connectivity index (χ2n) is 4.68. The second kappa shape index (κ2) is 4.58. The second-order valence-corrected chi connectivity index (χ2v) is 5.09. The first-order chi connectivity index (χ1) is 8.74. The van der Waals surface area contributed by atoms with Crippen LogP contribution in [0.5, 0.6) is 0 Å². The number of aromatic nitrogens is 2. The van der Waals surface area contributed by atoms with Crippen molar-refractivity contribution in [3.63, 3.8) is 0 Å². The lowest BCUT2D eigenvalue weighted by molar-refractivity contribution is 0.0967. The van der Waals surface area contributed by atoms with Gasteiger partial charge in [-0.15, -0.1) is 0 Å². The van der Waals surface area contributed by atoms with Gasteiger partial charge in [-0.25, -0.2) is 0 Å². The molecule has 2 aromatic rings. The van der Waals surface area contributed by atoms with E-state index in [0.717, 1.165) is 24.0 Å². The highest BCUT2D eigenvalue weighted by Gasteiger charge is 2.30. The summed E-state index contributed by atoms with van der Waals surface area (Å²) in [5.74, 6) is 0.542. The lowest BCUT2D eigenvalue weighted by Gasteiger charge is -2.04. The Labute approximate surface area is 110 Å². The Hall–Kier alpha value is -1.61. The molecule has 0 aliphatic heterocycles. The molecule has 3 nitrogen and oxygen atoms in total. The van der Waals surface area contributed by atoms with Crippen LogP contribution in [0.15, 0.2) is 36.9 Å². The van der Waals surface area contributed by atoms with E-state index < -0.39 is 0 Å². The van der Waals surface area contributed by atoms with Crippen molar-refractivity contribution in [3.8, 4) is 0 Å². The molecule has 3 rings (SSSR count). The number of Topliss-reactive ketones (excluding diaryl/α,β-unsaturated/α-hetero) is 1. The van der Waals surface area contributed by atoms with Crippen LogP contribution in [-0.2, 0) is 6.54 Å². The minimum absolute atomic E-state index is 0.269. The number of ketones is 1. The monoisotopic (exact) mass is 260 g/mol. The van der Waals surface area contributed by atoms with Crippen LogP contribution in [0, 0.1) is 5.92 Å². The van der Waals surface area contributed by atoms with Gasteiger partial charge in [-0.3, -0.25) is 9.78 Å². The molecule has 4 heteroatoms. The van der Waals surface area contributed by atoms with Crippen LogP contribution in [0.3, 0.4) is 0 Å². The van der Waals surface area contributed by atoms with Crippen molar-refractivity contribution in [2.45, 2.75) is 19.4 Å². The Morgan fingerprint density at radius 2 is 2.28 bits per heavy atom. The number of rotatable bonds is 4. The summed E-state index contributed by atoms with van der Waals surface area (Å²) in [5.41, 5.74) is 1.82. The predicted octanol–water partition coefficient (Wildman–Crippen LogP) is 3.18. The average molecular weight is 261 g/mol. The maximum absolute atomic E-state index is 11.9. The summed E-state index contributed by atoms with van der Waals surface area (Å²) in [7, 11) is 0. The van der Waals surface area contributed by atoms with E-state index in [4.69, 9.17) is 11.6 Å². The smallest absolute Gasteiger partial charge is 0.167 e. The molecular weight excluding hydrogens is 248 g/mol. The number of hydrogen-bond acceptors (Lipinski definition) is 2. The van der Waals surface area contributed by atoms with Crippen molar-refractivity contribution in [1.29, 1.82) is 0 Å². The summed E-state index contributed by atoms with van der Waals surface area (Å²) in [6, 6.07) is 3.78. The summed E-state index contributed by atoms with van der Waals surface area (Å²) < 4.78 is 1.98. The van der Waals surface area contributed by atoms with Crippen LogP contribution in [-0.4, -0.2) is 15.3 Å². The molecule has 0 spiro atoms. The van der Waals surface area contributed by atoms with E-state index >= 15 is 0 Å². The lowest BCUT2D eigenvalue weighted by Crippen LogP contribution is -2.01. The fourth-order valence-corrected chi connectivity index (χ4v) is 2.17. The quantitative estimate of drug-likeness (QED) is 0.792. The minimum atomic E-state index is 0.269. The highest BCUT2D eigenvalue weighted by Crippen LogP contribution is 2.32. The molecule has 1 saturated carbocycles. The number of halogens is 1. The fraction of sp³-hybridized carbons (Fsp3) is 0.286. The van der Waals surface area contributed by atoms with Gasteiger partial charge in [-0.1, -0.05) is 11.6 Å². The highest BCUT2D eigenvalue weighted by molar-refractivity contribution is 6.31. The molecule has 2 aromatic heterocycles. The van der Waals surface area contributed by atoms with Crippen molar-refractivity contribution < 1.29 is 4.79 Å². The van der Waals surface area contributed by atoms with E-state index in [1.165, 1.54) is 0 Å². The van der Waals surface area contributed by atoms with E-state index in [1.807, 2.05) is 29.1 Å². The summed E-state index contributed by atoms with van der Waals surface area (Å²) in [6.07, 6.45) is 9.27. The Balaban J connectivity index is 1.77. The third-order valence-corrected chi connectivity index (χ3v) is 3.53. The largest absolute Gasteiger partial charge is 0.349 e. The summed E-state index contributed by atoms with van der Waals surface area (Å²) in [5, 5.41) is 0.654. The lowest BCUT2D eigenvalue weighted by atomic mass is 10.1. The SMILES string of the molecule is O=C(c1ccn(Cc2ccncc2Cl)c1)C1CC1. The Bertz CT molecular complexity index is 587. The molecule has 0 N–H and O–H groups in total. The van der Waals surface area contributed by atoms with E-state index in [0.29, 0.717) is 11.6 Å². The molecule has 0 bridgehead atoms. The van der Waals surface area contributed by atoms with Gasteiger partial charge in [-0.2, -0.15) is 0 Å². The molecular formula is C14H13ClN2O. The topological polar surface area (TPSA) is 34.9 Å². The molecule has 18 heavy (non-hydrogen) atoms. The molecule has 0 aromatic carbocycles. The van der Waals surface area contributed by atoms with E-state index in [2.05, 4.69) is 4.98 Å². The van der Waals surface area contributed by atoms with Crippen LogP contribution in [0.4, 0.5) is 0 Å². The van der Waals surface area contributed by atoms with E-state index in [-0.39, 0.29) is 11.7 Å². The maximum Gasteiger partial charge on any atom is 0.167 e. The first-order valence-corrected chi connectivity index (χ1v) is 6.40. The normalized spacial score (nSPS) is 14.7. The third kappa shape index (κ3) is 2.31. The van der Waals surface area contributed by atoms with Gasteiger partial charge in [0.05, 0.1) is 5.02 Å². The number of nitrogens with zero attached hydrogens (tertiary/aromatic N) is 2. The molecule has 2 heterocycles. The zero-order chi connectivity index (χ0) is 12.5. The van der Waals surface area contributed by atoms with Gasteiger partial charge in [-0.05, 0) is 30.5 Å². The third-order valence-electron chi connectivity index (χ3n) is 3.19. The zero-order valence-electron chi connectivity index (χ0n) is 9.84.